The van der Waals surface area contributed by atoms with Gasteiger partial charge in [-0.3, -0.25) is 0 Å². The number of hydrogen-bond donors (Lipinski definition) is 0. The number of nitrogens with zero attached hydrogens (tertiary/aromatic N) is 1. The van der Waals surface area contributed by atoms with Crippen molar-refractivity contribution in [3.05, 3.63) is 53.2 Å². The van der Waals surface area contributed by atoms with Gasteiger partial charge in [-0.05, 0) is 79.2 Å². The van der Waals surface area contributed by atoms with Crippen LogP contribution in [0.25, 0.3) is 11.3 Å². The standard InChI is InChI=1S/C24H30N/c1-3-24(4-2)12-14-25-13-6-5-7-23(25)21-15-19-17-8-10-18(11-9-17)20(19)16-22(21)24/h5-7,13,15-18H,3-4,8-12,14H2,1-2H3/q+1. The van der Waals surface area contributed by atoms with E-state index in [1.54, 1.807) is 16.7 Å². The lowest BCUT2D eigenvalue weighted by Gasteiger charge is -2.40. The van der Waals surface area contributed by atoms with Crippen LogP contribution in [0.4, 0.5) is 0 Å². The zero-order valence-corrected chi connectivity index (χ0v) is 15.7. The number of aromatic nitrogens is 1. The first-order valence-corrected chi connectivity index (χ1v) is 10.4. The Morgan fingerprint density at radius 1 is 0.960 bits per heavy atom. The molecule has 2 aromatic rings. The fourth-order valence-electron chi connectivity index (χ4n) is 6.08. The molecule has 1 heteroatoms. The highest BCUT2D eigenvalue weighted by molar-refractivity contribution is 5.67. The molecule has 1 nitrogen and oxygen atoms in total. The van der Waals surface area contributed by atoms with Crippen LogP contribution in [-0.4, -0.2) is 0 Å². The van der Waals surface area contributed by atoms with E-state index in [9.17, 15) is 0 Å². The molecule has 6 rings (SSSR count). The molecule has 1 aliphatic heterocycles. The minimum absolute atomic E-state index is 0.340. The average Bonchev–Trinajstić information content (AvgIpc) is 2.83. The molecule has 0 N–H and O–H groups in total. The van der Waals surface area contributed by atoms with E-state index in [2.05, 4.69) is 54.9 Å². The summed E-state index contributed by atoms with van der Waals surface area (Å²) in [6.45, 7) is 5.95. The van der Waals surface area contributed by atoms with E-state index in [0.717, 1.165) is 18.4 Å². The predicted octanol–water partition coefficient (Wildman–Crippen LogP) is 5.86. The number of benzene rings is 1. The minimum Gasteiger partial charge on any atom is -0.198 e. The number of fused-ring (bicyclic) bond motifs is 5. The molecule has 1 aromatic heterocycles. The molecule has 3 aliphatic carbocycles. The Labute approximate surface area is 152 Å². The number of aryl methyl sites for hydroxylation is 1. The summed E-state index contributed by atoms with van der Waals surface area (Å²) < 4.78 is 2.50. The van der Waals surface area contributed by atoms with Gasteiger partial charge in [-0.15, -0.1) is 0 Å². The third kappa shape index (κ3) is 2.17. The van der Waals surface area contributed by atoms with Gasteiger partial charge in [0.15, 0.2) is 6.20 Å². The van der Waals surface area contributed by atoms with E-state index < -0.39 is 0 Å². The molecule has 2 bridgehead atoms. The van der Waals surface area contributed by atoms with Crippen molar-refractivity contribution in [3.8, 4) is 11.3 Å². The summed E-state index contributed by atoms with van der Waals surface area (Å²) in [5.74, 6) is 1.66. The summed E-state index contributed by atoms with van der Waals surface area (Å²) in [6.07, 6.45) is 11.7. The Morgan fingerprint density at radius 2 is 1.64 bits per heavy atom. The van der Waals surface area contributed by atoms with Gasteiger partial charge >= 0.3 is 0 Å². The van der Waals surface area contributed by atoms with Crippen molar-refractivity contribution in [1.82, 2.24) is 0 Å². The first-order chi connectivity index (χ1) is 12.3. The monoisotopic (exact) mass is 332 g/mol. The van der Waals surface area contributed by atoms with Crippen LogP contribution in [-0.2, 0) is 12.0 Å². The van der Waals surface area contributed by atoms with Crippen molar-refractivity contribution >= 4 is 0 Å². The van der Waals surface area contributed by atoms with Crippen LogP contribution < -0.4 is 4.57 Å². The molecule has 0 radical (unpaired) electrons. The van der Waals surface area contributed by atoms with Crippen molar-refractivity contribution in [2.24, 2.45) is 0 Å². The lowest BCUT2D eigenvalue weighted by Crippen LogP contribution is -2.36. The largest absolute Gasteiger partial charge is 0.212 e. The maximum atomic E-state index is 2.68. The molecule has 0 spiro atoms. The smallest absolute Gasteiger partial charge is 0.198 e. The highest BCUT2D eigenvalue weighted by atomic mass is 15.0. The van der Waals surface area contributed by atoms with Crippen molar-refractivity contribution in [1.29, 1.82) is 0 Å². The van der Waals surface area contributed by atoms with Crippen LogP contribution in [0, 0.1) is 0 Å². The van der Waals surface area contributed by atoms with Gasteiger partial charge in [0.25, 0.3) is 0 Å². The summed E-state index contributed by atoms with van der Waals surface area (Å²) in [7, 11) is 0. The molecular formula is C24H30N+. The lowest BCUT2D eigenvalue weighted by molar-refractivity contribution is -0.687. The fourth-order valence-corrected chi connectivity index (χ4v) is 6.08. The molecule has 25 heavy (non-hydrogen) atoms. The maximum absolute atomic E-state index is 2.68. The molecule has 2 heterocycles. The second-order valence-corrected chi connectivity index (χ2v) is 8.59. The first-order valence-electron chi connectivity index (χ1n) is 10.4. The SMILES string of the molecule is CCC1(CC)CC[n+]2ccccc2-c2cc3c(cc21)C1CCC3CC1. The average molecular weight is 333 g/mol. The molecule has 0 amide bonds. The maximum Gasteiger partial charge on any atom is 0.212 e. The highest BCUT2D eigenvalue weighted by Crippen LogP contribution is 2.53. The van der Waals surface area contributed by atoms with Crippen LogP contribution in [0.2, 0.25) is 0 Å². The zero-order chi connectivity index (χ0) is 17.0. The topological polar surface area (TPSA) is 3.88 Å². The fraction of sp³-hybridized carbons (Fsp3) is 0.542. The second kappa shape index (κ2) is 5.69. The van der Waals surface area contributed by atoms with Gasteiger partial charge < -0.3 is 0 Å². The Balaban J connectivity index is 1.81. The molecule has 130 valence electrons. The predicted molar refractivity (Wildman–Crippen MR) is 103 cm³/mol. The number of hydrogen-bond acceptors (Lipinski definition) is 0. The molecule has 0 saturated heterocycles. The summed E-state index contributed by atoms with van der Waals surface area (Å²) in [4.78, 5) is 0. The Kier molecular flexibility index (Phi) is 3.55. The van der Waals surface area contributed by atoms with Crippen LogP contribution in [0.3, 0.4) is 0 Å². The Bertz CT molecular complexity index is 807. The van der Waals surface area contributed by atoms with Gasteiger partial charge in [0, 0.05) is 24.0 Å². The van der Waals surface area contributed by atoms with Gasteiger partial charge in [-0.1, -0.05) is 19.9 Å². The summed E-state index contributed by atoms with van der Waals surface area (Å²) in [5, 5.41) is 0. The van der Waals surface area contributed by atoms with Crippen molar-refractivity contribution < 1.29 is 4.57 Å². The summed E-state index contributed by atoms with van der Waals surface area (Å²) in [6, 6.07) is 12.0. The van der Waals surface area contributed by atoms with Gasteiger partial charge in [-0.2, -0.15) is 4.57 Å². The van der Waals surface area contributed by atoms with E-state index in [1.165, 1.54) is 56.2 Å². The highest BCUT2D eigenvalue weighted by Gasteiger charge is 2.40. The van der Waals surface area contributed by atoms with Crippen LogP contribution in [0.15, 0.2) is 36.5 Å². The molecule has 1 aromatic carbocycles. The molecule has 4 aliphatic rings. The van der Waals surface area contributed by atoms with E-state index >= 15 is 0 Å². The first kappa shape index (κ1) is 15.6. The minimum atomic E-state index is 0.340. The quantitative estimate of drug-likeness (QED) is 0.607. The molecule has 0 atom stereocenters. The summed E-state index contributed by atoms with van der Waals surface area (Å²) in [5.41, 5.74) is 8.38. The third-order valence-electron chi connectivity index (χ3n) is 7.80. The summed E-state index contributed by atoms with van der Waals surface area (Å²) >= 11 is 0. The van der Waals surface area contributed by atoms with Gasteiger partial charge in [0.1, 0.15) is 6.54 Å². The molecule has 1 saturated carbocycles. The Morgan fingerprint density at radius 3 is 2.32 bits per heavy atom. The van der Waals surface area contributed by atoms with Crippen LogP contribution >= 0.6 is 0 Å². The van der Waals surface area contributed by atoms with E-state index in [4.69, 9.17) is 0 Å². The van der Waals surface area contributed by atoms with Gasteiger partial charge in [0.2, 0.25) is 5.69 Å². The molecule has 1 fully saturated rings. The van der Waals surface area contributed by atoms with E-state index in [-0.39, 0.29) is 0 Å². The van der Waals surface area contributed by atoms with E-state index in [0.29, 0.717) is 5.41 Å². The van der Waals surface area contributed by atoms with Gasteiger partial charge in [0.05, 0.1) is 5.56 Å². The van der Waals surface area contributed by atoms with Crippen LogP contribution in [0.5, 0.6) is 0 Å². The molecular weight excluding hydrogens is 302 g/mol. The van der Waals surface area contributed by atoms with Crippen molar-refractivity contribution in [2.45, 2.75) is 82.6 Å². The Hall–Kier alpha value is -1.63. The van der Waals surface area contributed by atoms with Gasteiger partial charge in [-0.25, -0.2) is 0 Å². The van der Waals surface area contributed by atoms with Crippen molar-refractivity contribution in [3.63, 3.8) is 0 Å². The third-order valence-corrected chi connectivity index (χ3v) is 7.80. The normalized spacial score (nSPS) is 25.7. The lowest BCUT2D eigenvalue weighted by atomic mass is 9.63. The van der Waals surface area contributed by atoms with E-state index in [1.807, 2.05) is 0 Å². The zero-order valence-electron chi connectivity index (χ0n) is 15.7. The second-order valence-electron chi connectivity index (χ2n) is 8.59. The molecule has 0 unspecified atom stereocenters. The number of pyridine rings is 1. The number of rotatable bonds is 2. The van der Waals surface area contributed by atoms with Crippen molar-refractivity contribution in [2.75, 3.05) is 0 Å². The van der Waals surface area contributed by atoms with Crippen LogP contribution in [0.1, 0.15) is 87.3 Å².